The highest BCUT2D eigenvalue weighted by molar-refractivity contribution is 8.23. The molecule has 0 aliphatic heterocycles. The van der Waals surface area contributed by atoms with E-state index in [2.05, 4.69) is 13.8 Å². The van der Waals surface area contributed by atoms with Crippen molar-refractivity contribution >= 4 is 28.4 Å². The number of thioether (sulfide) groups is 1. The minimum absolute atomic E-state index is 0.607. The Morgan fingerprint density at radius 1 is 1.28 bits per heavy atom. The Kier molecular flexibility index (Phi) is 9.12. The van der Waals surface area contributed by atoms with Gasteiger partial charge in [-0.2, -0.15) is 0 Å². The number of rotatable bonds is 7. The van der Waals surface area contributed by atoms with Gasteiger partial charge in [0.05, 0.1) is 6.61 Å². The van der Waals surface area contributed by atoms with Gasteiger partial charge in [-0.1, -0.05) is 64.1 Å². The smallest absolute Gasteiger partial charge is 0.220 e. The van der Waals surface area contributed by atoms with Crippen LogP contribution in [0, 0.1) is 5.92 Å². The van der Waals surface area contributed by atoms with Gasteiger partial charge in [-0.25, -0.2) is 0 Å². The summed E-state index contributed by atoms with van der Waals surface area (Å²) in [5.74, 6) is 0.757. The fraction of sp³-hybridized carbons (Fsp3) is 0.933. The molecule has 1 aliphatic carbocycles. The van der Waals surface area contributed by atoms with Crippen LogP contribution in [0.5, 0.6) is 0 Å². The van der Waals surface area contributed by atoms with E-state index >= 15 is 0 Å². The van der Waals surface area contributed by atoms with Gasteiger partial charge < -0.3 is 4.74 Å². The number of thiocarbonyl (C=S) groups is 1. The van der Waals surface area contributed by atoms with E-state index in [1.165, 1.54) is 57.8 Å². The Bertz CT molecular complexity index is 225. The van der Waals surface area contributed by atoms with Gasteiger partial charge in [0.25, 0.3) is 0 Å². The molecule has 106 valence electrons. The summed E-state index contributed by atoms with van der Waals surface area (Å²) < 4.78 is 6.52. The molecule has 0 radical (unpaired) electrons. The van der Waals surface area contributed by atoms with Crippen molar-refractivity contribution in [3.8, 4) is 0 Å². The van der Waals surface area contributed by atoms with E-state index in [1.54, 1.807) is 11.8 Å². The van der Waals surface area contributed by atoms with Gasteiger partial charge in [0.2, 0.25) is 4.38 Å². The number of ether oxygens (including phenoxy) is 1. The van der Waals surface area contributed by atoms with Gasteiger partial charge in [0, 0.05) is 5.25 Å². The van der Waals surface area contributed by atoms with Gasteiger partial charge >= 0.3 is 0 Å². The summed E-state index contributed by atoms with van der Waals surface area (Å²) in [6.45, 7) is 5.36. The maximum Gasteiger partial charge on any atom is 0.220 e. The summed E-state index contributed by atoms with van der Waals surface area (Å²) in [4.78, 5) is 0. The molecule has 0 aromatic heterocycles. The predicted octanol–water partition coefficient (Wildman–Crippen LogP) is 5.57. The normalized spacial score (nSPS) is 18.6. The Balaban J connectivity index is 2.05. The molecule has 1 saturated carbocycles. The van der Waals surface area contributed by atoms with Crippen molar-refractivity contribution in [2.45, 2.75) is 76.9 Å². The third-order valence-corrected chi connectivity index (χ3v) is 5.03. The molecular formula is C15H28OS2. The maximum atomic E-state index is 5.75. The van der Waals surface area contributed by atoms with E-state index in [0.29, 0.717) is 5.25 Å². The number of unbranched alkanes of at least 4 members (excludes halogenated alkanes) is 2. The minimum atomic E-state index is 0.607. The zero-order valence-corrected chi connectivity index (χ0v) is 13.6. The molecule has 0 aromatic carbocycles. The average molecular weight is 289 g/mol. The lowest BCUT2D eigenvalue weighted by Gasteiger charge is -2.22. The lowest BCUT2D eigenvalue weighted by atomic mass is 9.90. The molecule has 0 spiro atoms. The highest BCUT2D eigenvalue weighted by Crippen LogP contribution is 2.25. The van der Waals surface area contributed by atoms with Crippen LogP contribution in [-0.4, -0.2) is 16.2 Å². The van der Waals surface area contributed by atoms with Crippen LogP contribution in [0.25, 0.3) is 0 Å². The van der Waals surface area contributed by atoms with E-state index in [-0.39, 0.29) is 0 Å². The first-order valence-corrected chi connectivity index (χ1v) is 8.84. The molecular weight excluding hydrogens is 260 g/mol. The molecule has 0 N–H and O–H groups in total. The predicted molar refractivity (Wildman–Crippen MR) is 86.3 cm³/mol. The third-order valence-electron chi connectivity index (χ3n) is 3.67. The van der Waals surface area contributed by atoms with E-state index in [1.807, 2.05) is 0 Å². The van der Waals surface area contributed by atoms with Crippen LogP contribution in [-0.2, 0) is 4.74 Å². The lowest BCUT2D eigenvalue weighted by Crippen LogP contribution is -2.15. The minimum Gasteiger partial charge on any atom is -0.478 e. The summed E-state index contributed by atoms with van der Waals surface area (Å²) in [6.07, 6.45) is 12.0. The summed E-state index contributed by atoms with van der Waals surface area (Å²) in [7, 11) is 0. The van der Waals surface area contributed by atoms with Gasteiger partial charge in [0.15, 0.2) is 0 Å². The molecule has 0 saturated heterocycles. The first-order chi connectivity index (χ1) is 8.72. The molecule has 3 heteroatoms. The Hall–Kier alpha value is 0.240. The fourth-order valence-corrected chi connectivity index (χ4v) is 3.79. The third kappa shape index (κ3) is 7.63. The largest absolute Gasteiger partial charge is 0.478 e. The number of hydrogen-bond acceptors (Lipinski definition) is 3. The molecule has 0 bridgehead atoms. The van der Waals surface area contributed by atoms with Crippen LogP contribution in [0.2, 0.25) is 0 Å². The van der Waals surface area contributed by atoms with E-state index in [9.17, 15) is 0 Å². The Morgan fingerprint density at radius 3 is 2.67 bits per heavy atom. The van der Waals surface area contributed by atoms with Crippen LogP contribution in [0.4, 0.5) is 0 Å². The molecule has 1 unspecified atom stereocenters. The second-order valence-corrected chi connectivity index (χ2v) is 7.53. The number of hydrogen-bond donors (Lipinski definition) is 0. The molecule has 0 amide bonds. The van der Waals surface area contributed by atoms with Crippen LogP contribution < -0.4 is 0 Å². The molecule has 0 aromatic rings. The monoisotopic (exact) mass is 288 g/mol. The highest BCUT2D eigenvalue weighted by Gasteiger charge is 2.15. The zero-order chi connectivity index (χ0) is 13.2. The van der Waals surface area contributed by atoms with Crippen molar-refractivity contribution in [2.75, 3.05) is 6.61 Å². The van der Waals surface area contributed by atoms with E-state index in [0.717, 1.165) is 16.9 Å². The summed E-state index contributed by atoms with van der Waals surface area (Å²) in [5.41, 5.74) is 0. The highest BCUT2D eigenvalue weighted by atomic mass is 32.2. The van der Waals surface area contributed by atoms with Crippen molar-refractivity contribution in [3.05, 3.63) is 0 Å². The van der Waals surface area contributed by atoms with Crippen molar-refractivity contribution in [1.29, 1.82) is 0 Å². The van der Waals surface area contributed by atoms with Crippen LogP contribution >= 0.6 is 24.0 Å². The van der Waals surface area contributed by atoms with Crippen LogP contribution in [0.15, 0.2) is 0 Å². The molecule has 18 heavy (non-hydrogen) atoms. The quantitative estimate of drug-likeness (QED) is 0.447. The summed E-state index contributed by atoms with van der Waals surface area (Å²) in [5, 5.41) is 0.607. The summed E-state index contributed by atoms with van der Waals surface area (Å²) in [6, 6.07) is 0. The topological polar surface area (TPSA) is 9.23 Å². The van der Waals surface area contributed by atoms with Crippen LogP contribution in [0.3, 0.4) is 0 Å². The molecule has 1 fully saturated rings. The molecule has 1 aliphatic rings. The van der Waals surface area contributed by atoms with Crippen molar-refractivity contribution in [2.24, 2.45) is 5.92 Å². The first kappa shape index (κ1) is 16.3. The summed E-state index contributed by atoms with van der Waals surface area (Å²) >= 11 is 7.07. The lowest BCUT2D eigenvalue weighted by molar-refractivity contribution is 0.208. The molecule has 0 heterocycles. The molecule has 1 rings (SSSR count). The standard InChI is InChI=1S/C15H28OS2/c1-3-4-6-9-13(2)18-15(17)16-12-14-10-7-5-8-11-14/h13-14H,3-12H2,1-2H3. The van der Waals surface area contributed by atoms with E-state index < -0.39 is 0 Å². The Labute approximate surface area is 122 Å². The Morgan fingerprint density at radius 2 is 2.00 bits per heavy atom. The second-order valence-electron chi connectivity index (χ2n) is 5.49. The second kappa shape index (κ2) is 10.1. The first-order valence-electron chi connectivity index (χ1n) is 7.55. The zero-order valence-electron chi connectivity index (χ0n) is 12.0. The van der Waals surface area contributed by atoms with Gasteiger partial charge in [-0.15, -0.1) is 0 Å². The maximum absolute atomic E-state index is 5.75. The van der Waals surface area contributed by atoms with Crippen molar-refractivity contribution in [3.63, 3.8) is 0 Å². The van der Waals surface area contributed by atoms with Crippen molar-refractivity contribution in [1.82, 2.24) is 0 Å². The molecule has 1 nitrogen and oxygen atoms in total. The van der Waals surface area contributed by atoms with Gasteiger partial charge in [0.1, 0.15) is 0 Å². The van der Waals surface area contributed by atoms with Crippen molar-refractivity contribution < 1.29 is 4.74 Å². The SMILES string of the molecule is CCCCCC(C)SC(=S)OCC1CCCCC1. The van der Waals surface area contributed by atoms with Gasteiger partial charge in [-0.05, 0) is 37.4 Å². The average Bonchev–Trinajstić information content (AvgIpc) is 2.38. The van der Waals surface area contributed by atoms with Gasteiger partial charge in [-0.3, -0.25) is 0 Å². The van der Waals surface area contributed by atoms with Crippen LogP contribution in [0.1, 0.15) is 71.6 Å². The van der Waals surface area contributed by atoms with E-state index in [4.69, 9.17) is 17.0 Å². The fourth-order valence-electron chi connectivity index (χ4n) is 2.48. The molecule has 1 atom stereocenters.